The van der Waals surface area contributed by atoms with E-state index in [1.165, 1.54) is 24.3 Å². The van der Waals surface area contributed by atoms with Crippen LogP contribution in [0.25, 0.3) is 0 Å². The quantitative estimate of drug-likeness (QED) is 0.727. The van der Waals surface area contributed by atoms with E-state index >= 15 is 0 Å². The summed E-state index contributed by atoms with van der Waals surface area (Å²) in [4.78, 5) is -1.02. The van der Waals surface area contributed by atoms with Crippen LogP contribution in [-0.4, -0.2) is 14.6 Å². The summed E-state index contributed by atoms with van der Waals surface area (Å²) in [5.41, 5.74) is -0.0471. The molecule has 0 aliphatic heterocycles. The van der Waals surface area contributed by atoms with Crippen molar-refractivity contribution in [2.75, 3.05) is 0 Å². The highest BCUT2D eigenvalue weighted by atomic mass is 32.2. The number of allylic oxidation sites excluding steroid dienone is 2. The van der Waals surface area contributed by atoms with Crippen LogP contribution in [0.4, 0.5) is 13.2 Å². The van der Waals surface area contributed by atoms with Gasteiger partial charge in [0.2, 0.25) is 9.84 Å². The highest BCUT2D eigenvalue weighted by Gasteiger charge is 2.38. The molecule has 2 aromatic rings. The molecule has 0 atom stereocenters. The molecule has 0 radical (unpaired) electrons. The summed E-state index contributed by atoms with van der Waals surface area (Å²) < 4.78 is 65.0. The first-order chi connectivity index (χ1) is 11.6. The molecule has 0 aliphatic rings. The monoisotopic (exact) mass is 364 g/mol. The first-order valence-corrected chi connectivity index (χ1v) is 8.77. The molecule has 0 saturated heterocycles. The van der Waals surface area contributed by atoms with Crippen molar-refractivity contribution in [3.8, 4) is 11.8 Å². The molecular weight excluding hydrogens is 349 g/mol. The maximum Gasteiger partial charge on any atom is 0.425 e. The minimum absolute atomic E-state index is 0.202. The lowest BCUT2D eigenvalue weighted by molar-refractivity contribution is -0.0875. The Morgan fingerprint density at radius 2 is 1.52 bits per heavy atom. The fraction of sp³-hybridized carbons (Fsp3) is 0.158. The first kappa shape index (κ1) is 18.8. The van der Waals surface area contributed by atoms with Gasteiger partial charge < -0.3 is 0 Å². The molecule has 130 valence electrons. The maximum atomic E-state index is 13.4. The average molecular weight is 364 g/mol. The topological polar surface area (TPSA) is 34.1 Å². The van der Waals surface area contributed by atoms with Crippen LogP contribution in [-0.2, 0) is 9.84 Å². The summed E-state index contributed by atoms with van der Waals surface area (Å²) in [6.45, 7) is 2.77. The van der Waals surface area contributed by atoms with Crippen LogP contribution in [0.5, 0.6) is 0 Å². The number of hydrogen-bond acceptors (Lipinski definition) is 2. The van der Waals surface area contributed by atoms with Crippen molar-refractivity contribution in [1.29, 1.82) is 0 Å². The maximum absolute atomic E-state index is 13.4. The van der Waals surface area contributed by atoms with Gasteiger partial charge in [0.15, 0.2) is 0 Å². The van der Waals surface area contributed by atoms with Crippen molar-refractivity contribution < 1.29 is 21.6 Å². The zero-order valence-electron chi connectivity index (χ0n) is 13.6. The van der Waals surface area contributed by atoms with Crippen LogP contribution in [0, 0.1) is 18.8 Å². The lowest BCUT2D eigenvalue weighted by Gasteiger charge is -2.11. The summed E-state index contributed by atoms with van der Waals surface area (Å²) in [7, 11) is -4.28. The Morgan fingerprint density at radius 3 is 2.04 bits per heavy atom. The van der Waals surface area contributed by atoms with E-state index in [0.717, 1.165) is 12.5 Å². The van der Waals surface area contributed by atoms with Crippen molar-refractivity contribution in [2.45, 2.75) is 24.9 Å². The van der Waals surface area contributed by atoms with Crippen LogP contribution in [0.15, 0.2) is 70.0 Å². The lowest BCUT2D eigenvalue weighted by atomic mass is 10.1. The van der Waals surface area contributed by atoms with E-state index in [-0.39, 0.29) is 4.90 Å². The molecule has 0 spiro atoms. The minimum Gasteiger partial charge on any atom is -0.219 e. The van der Waals surface area contributed by atoms with Crippen molar-refractivity contribution in [1.82, 2.24) is 0 Å². The molecule has 6 heteroatoms. The Morgan fingerprint density at radius 1 is 0.960 bits per heavy atom. The average Bonchev–Trinajstić information content (AvgIpc) is 2.56. The second-order valence-corrected chi connectivity index (χ2v) is 7.45. The van der Waals surface area contributed by atoms with Gasteiger partial charge in [-0.05, 0) is 38.1 Å². The number of hydrogen-bond donors (Lipinski definition) is 0. The molecule has 2 rings (SSSR count). The van der Waals surface area contributed by atoms with E-state index in [9.17, 15) is 21.6 Å². The van der Waals surface area contributed by atoms with Gasteiger partial charge in [-0.3, -0.25) is 0 Å². The SMILES string of the molecule is C/C(=C(\C#Cc1ccc(C)cc1)C(F)(F)F)S(=O)(=O)c1ccccc1. The zero-order chi connectivity index (χ0) is 18.7. The summed E-state index contributed by atoms with van der Waals surface area (Å²) in [6.07, 6.45) is -4.87. The highest BCUT2D eigenvalue weighted by molar-refractivity contribution is 7.95. The molecular formula is C19H15F3O2S. The van der Waals surface area contributed by atoms with Crippen molar-refractivity contribution >= 4 is 9.84 Å². The molecule has 0 heterocycles. The largest absolute Gasteiger partial charge is 0.425 e. The molecule has 2 nitrogen and oxygen atoms in total. The number of rotatable bonds is 2. The Kier molecular flexibility index (Phi) is 5.39. The van der Waals surface area contributed by atoms with Gasteiger partial charge in [0.1, 0.15) is 5.57 Å². The molecule has 2 aromatic carbocycles. The number of alkyl halides is 3. The van der Waals surface area contributed by atoms with Crippen LogP contribution in [0.3, 0.4) is 0 Å². The van der Waals surface area contributed by atoms with Crippen LogP contribution in [0.1, 0.15) is 18.1 Å². The third kappa shape index (κ3) is 4.52. The molecule has 0 fully saturated rings. The molecule has 0 unspecified atom stereocenters. The van der Waals surface area contributed by atoms with E-state index in [1.54, 1.807) is 30.3 Å². The van der Waals surface area contributed by atoms with E-state index in [1.807, 2.05) is 12.8 Å². The third-order valence-electron chi connectivity index (χ3n) is 3.48. The van der Waals surface area contributed by atoms with Gasteiger partial charge in [0, 0.05) is 5.56 Å². The van der Waals surface area contributed by atoms with Crippen LogP contribution in [0.2, 0.25) is 0 Å². The smallest absolute Gasteiger partial charge is 0.219 e. The van der Waals surface area contributed by atoms with Gasteiger partial charge in [-0.15, -0.1) is 0 Å². The predicted octanol–water partition coefficient (Wildman–Crippen LogP) is 4.66. The minimum atomic E-state index is -4.87. The van der Waals surface area contributed by atoms with Gasteiger partial charge in [0.25, 0.3) is 0 Å². The van der Waals surface area contributed by atoms with Crippen molar-refractivity contribution in [2.24, 2.45) is 0 Å². The molecule has 0 bridgehead atoms. The number of halogens is 3. The number of sulfone groups is 1. The lowest BCUT2D eigenvalue weighted by Crippen LogP contribution is -2.16. The molecule has 0 aliphatic carbocycles. The Balaban J connectivity index is 2.58. The normalized spacial score (nSPS) is 12.8. The summed E-state index contributed by atoms with van der Waals surface area (Å²) in [5.74, 6) is 4.39. The Labute approximate surface area is 144 Å². The van der Waals surface area contributed by atoms with Gasteiger partial charge >= 0.3 is 6.18 Å². The molecule has 0 saturated carbocycles. The summed E-state index contributed by atoms with van der Waals surface area (Å²) in [6, 6.07) is 13.6. The standard InChI is InChI=1S/C19H15F3O2S/c1-14-8-10-16(11-9-14)12-13-18(19(20,21)22)15(2)25(23,24)17-6-4-3-5-7-17/h3-11H,1-2H3/b18-15-. The van der Waals surface area contributed by atoms with Gasteiger partial charge in [-0.25, -0.2) is 8.42 Å². The summed E-state index contributed by atoms with van der Waals surface area (Å²) in [5, 5.41) is 0. The molecule has 0 amide bonds. The van der Waals surface area contributed by atoms with E-state index in [0.29, 0.717) is 5.56 Å². The van der Waals surface area contributed by atoms with Gasteiger partial charge in [-0.2, -0.15) is 13.2 Å². The van der Waals surface area contributed by atoms with Crippen molar-refractivity contribution in [3.63, 3.8) is 0 Å². The van der Waals surface area contributed by atoms with E-state index < -0.39 is 26.5 Å². The van der Waals surface area contributed by atoms with Crippen LogP contribution >= 0.6 is 0 Å². The van der Waals surface area contributed by atoms with Crippen molar-refractivity contribution in [3.05, 3.63) is 76.2 Å². The fourth-order valence-electron chi connectivity index (χ4n) is 2.04. The molecule has 25 heavy (non-hydrogen) atoms. The van der Waals surface area contributed by atoms with E-state index in [2.05, 4.69) is 5.92 Å². The second kappa shape index (κ2) is 7.16. The molecule has 0 N–H and O–H groups in total. The Bertz CT molecular complexity index is 944. The predicted molar refractivity (Wildman–Crippen MR) is 90.4 cm³/mol. The van der Waals surface area contributed by atoms with Crippen LogP contribution < -0.4 is 0 Å². The first-order valence-electron chi connectivity index (χ1n) is 7.29. The fourth-order valence-corrected chi connectivity index (χ4v) is 3.35. The van der Waals surface area contributed by atoms with Gasteiger partial charge in [0.05, 0.1) is 9.80 Å². The highest BCUT2D eigenvalue weighted by Crippen LogP contribution is 2.32. The van der Waals surface area contributed by atoms with E-state index in [4.69, 9.17) is 0 Å². The second-order valence-electron chi connectivity index (χ2n) is 5.36. The summed E-state index contributed by atoms with van der Waals surface area (Å²) >= 11 is 0. The zero-order valence-corrected chi connectivity index (χ0v) is 14.4. The molecule has 0 aromatic heterocycles. The van der Waals surface area contributed by atoms with Gasteiger partial charge in [-0.1, -0.05) is 47.7 Å². The third-order valence-corrected chi connectivity index (χ3v) is 5.38. The number of benzene rings is 2. The Hall–Kier alpha value is -2.52. The number of aryl methyl sites for hydroxylation is 1.